The van der Waals surface area contributed by atoms with E-state index < -0.39 is 0 Å². The van der Waals surface area contributed by atoms with Gasteiger partial charge in [-0.1, -0.05) is 37.5 Å². The maximum absolute atomic E-state index is 8.68. The van der Waals surface area contributed by atoms with Crippen LogP contribution in [0.25, 0.3) is 22.0 Å². The topological polar surface area (TPSA) is 96.8 Å². The number of anilines is 2. The van der Waals surface area contributed by atoms with Crippen molar-refractivity contribution in [1.29, 1.82) is 5.26 Å². The van der Waals surface area contributed by atoms with Crippen molar-refractivity contribution < 1.29 is 4.74 Å². The van der Waals surface area contributed by atoms with E-state index >= 15 is 0 Å². The molecule has 3 N–H and O–H groups in total. The summed E-state index contributed by atoms with van der Waals surface area (Å²) in [7, 11) is 0. The molecule has 0 aliphatic heterocycles. The SMILES string of the molecule is N#CCCOc1cccc(-c2ccc3nc(N)nc(NC4CCCCC4)c3c2)c1. The van der Waals surface area contributed by atoms with Gasteiger partial charge in [0.2, 0.25) is 5.95 Å². The summed E-state index contributed by atoms with van der Waals surface area (Å²) < 4.78 is 5.66. The summed E-state index contributed by atoms with van der Waals surface area (Å²) in [6.07, 6.45) is 6.50. The zero-order chi connectivity index (χ0) is 20.1. The molecule has 29 heavy (non-hydrogen) atoms. The van der Waals surface area contributed by atoms with Gasteiger partial charge in [0.15, 0.2) is 0 Å². The first-order valence-corrected chi connectivity index (χ1v) is 10.2. The number of nitrogens with one attached hydrogen (secondary N) is 1. The number of nitrogens with two attached hydrogens (primary N) is 1. The number of hydrogen-bond acceptors (Lipinski definition) is 6. The molecule has 0 spiro atoms. The van der Waals surface area contributed by atoms with Crippen molar-refractivity contribution in [3.8, 4) is 22.9 Å². The van der Waals surface area contributed by atoms with E-state index in [1.807, 2.05) is 36.4 Å². The van der Waals surface area contributed by atoms with Gasteiger partial charge in [0, 0.05) is 11.4 Å². The summed E-state index contributed by atoms with van der Waals surface area (Å²) in [6.45, 7) is 0.389. The van der Waals surface area contributed by atoms with E-state index in [1.165, 1.54) is 19.3 Å². The van der Waals surface area contributed by atoms with Crippen LogP contribution in [0.4, 0.5) is 11.8 Å². The summed E-state index contributed by atoms with van der Waals surface area (Å²) in [5.41, 5.74) is 8.89. The summed E-state index contributed by atoms with van der Waals surface area (Å²) >= 11 is 0. The quantitative estimate of drug-likeness (QED) is 0.583. The van der Waals surface area contributed by atoms with Crippen LogP contribution in [0.1, 0.15) is 38.5 Å². The van der Waals surface area contributed by atoms with E-state index in [9.17, 15) is 0 Å². The fraction of sp³-hybridized carbons (Fsp3) is 0.348. The third kappa shape index (κ3) is 4.57. The molecule has 1 aromatic heterocycles. The van der Waals surface area contributed by atoms with Crippen LogP contribution in [0.2, 0.25) is 0 Å². The first kappa shape index (κ1) is 19.0. The van der Waals surface area contributed by atoms with E-state index in [0.717, 1.165) is 46.4 Å². The van der Waals surface area contributed by atoms with Crippen LogP contribution < -0.4 is 15.8 Å². The van der Waals surface area contributed by atoms with Crippen LogP contribution in [0.5, 0.6) is 5.75 Å². The Bertz CT molecular complexity index is 1040. The highest BCUT2D eigenvalue weighted by atomic mass is 16.5. The molecular formula is C23H25N5O. The smallest absolute Gasteiger partial charge is 0.222 e. The number of benzene rings is 2. The van der Waals surface area contributed by atoms with Crippen molar-refractivity contribution in [2.45, 2.75) is 44.6 Å². The number of nitrogens with zero attached hydrogens (tertiary/aromatic N) is 3. The predicted octanol–water partition coefficient (Wildman–Crippen LogP) is 4.92. The molecule has 0 unspecified atom stereocenters. The van der Waals surface area contributed by atoms with Crippen molar-refractivity contribution in [1.82, 2.24) is 9.97 Å². The van der Waals surface area contributed by atoms with Gasteiger partial charge >= 0.3 is 0 Å². The second-order valence-corrected chi connectivity index (χ2v) is 7.43. The monoisotopic (exact) mass is 387 g/mol. The highest BCUT2D eigenvalue weighted by Gasteiger charge is 2.16. The number of rotatable bonds is 6. The van der Waals surface area contributed by atoms with Crippen molar-refractivity contribution in [3.05, 3.63) is 42.5 Å². The molecule has 1 aliphatic rings. The Morgan fingerprint density at radius 3 is 2.72 bits per heavy atom. The molecular weight excluding hydrogens is 362 g/mol. The van der Waals surface area contributed by atoms with Crippen LogP contribution in [0.3, 0.4) is 0 Å². The molecule has 1 heterocycles. The molecule has 3 aromatic rings. The Kier molecular flexibility index (Phi) is 5.76. The summed E-state index contributed by atoms with van der Waals surface area (Å²) in [5.74, 6) is 1.85. The van der Waals surface area contributed by atoms with Crippen molar-refractivity contribution in [3.63, 3.8) is 0 Å². The van der Waals surface area contributed by atoms with Gasteiger partial charge in [-0.25, -0.2) is 4.98 Å². The maximum Gasteiger partial charge on any atom is 0.222 e. The molecule has 0 atom stereocenters. The fourth-order valence-electron chi connectivity index (χ4n) is 3.86. The van der Waals surface area contributed by atoms with Gasteiger partial charge in [-0.2, -0.15) is 10.2 Å². The molecule has 0 amide bonds. The Morgan fingerprint density at radius 2 is 1.90 bits per heavy atom. The molecule has 0 bridgehead atoms. The minimum absolute atomic E-state index is 0.288. The van der Waals surface area contributed by atoms with Crippen LogP contribution in [-0.4, -0.2) is 22.6 Å². The maximum atomic E-state index is 8.68. The number of hydrogen-bond donors (Lipinski definition) is 2. The lowest BCUT2D eigenvalue weighted by atomic mass is 9.95. The van der Waals surface area contributed by atoms with Crippen molar-refractivity contribution in [2.24, 2.45) is 0 Å². The molecule has 4 rings (SSSR count). The average molecular weight is 387 g/mol. The number of fused-ring (bicyclic) bond motifs is 1. The summed E-state index contributed by atoms with van der Waals surface area (Å²) in [6, 6.07) is 16.6. The molecule has 1 saturated carbocycles. The van der Waals surface area contributed by atoms with Gasteiger partial charge in [-0.3, -0.25) is 0 Å². The van der Waals surface area contributed by atoms with Gasteiger partial charge in [0.25, 0.3) is 0 Å². The Hall–Kier alpha value is -3.33. The van der Waals surface area contributed by atoms with Gasteiger partial charge in [-0.15, -0.1) is 0 Å². The highest BCUT2D eigenvalue weighted by molar-refractivity contribution is 5.93. The molecule has 1 fully saturated rings. The summed E-state index contributed by atoms with van der Waals surface area (Å²) in [4.78, 5) is 8.90. The van der Waals surface area contributed by atoms with Crippen LogP contribution in [0.15, 0.2) is 42.5 Å². The standard InChI is InChI=1S/C23H25N5O/c24-12-5-13-29-19-9-4-6-16(14-19)17-10-11-21-20(15-17)22(28-23(25)27-21)26-18-7-2-1-3-8-18/h4,6,9-11,14-15,18H,1-3,5,7-8,13H2,(H3,25,26,27,28). The lowest BCUT2D eigenvalue weighted by molar-refractivity contribution is 0.327. The second kappa shape index (κ2) is 8.78. The van der Waals surface area contributed by atoms with Crippen LogP contribution in [-0.2, 0) is 0 Å². The van der Waals surface area contributed by atoms with E-state index in [2.05, 4.69) is 27.4 Å². The minimum atomic E-state index is 0.288. The Balaban J connectivity index is 1.66. The van der Waals surface area contributed by atoms with E-state index in [1.54, 1.807) is 0 Å². The average Bonchev–Trinajstić information content (AvgIpc) is 2.75. The largest absolute Gasteiger partial charge is 0.493 e. The predicted molar refractivity (Wildman–Crippen MR) is 116 cm³/mol. The van der Waals surface area contributed by atoms with Crippen LogP contribution in [0, 0.1) is 11.3 Å². The van der Waals surface area contributed by atoms with Gasteiger partial charge < -0.3 is 15.8 Å². The van der Waals surface area contributed by atoms with Gasteiger partial charge in [0.1, 0.15) is 18.2 Å². The third-order valence-electron chi connectivity index (χ3n) is 5.31. The van der Waals surface area contributed by atoms with E-state index in [4.69, 9.17) is 15.7 Å². The zero-order valence-corrected chi connectivity index (χ0v) is 16.4. The Morgan fingerprint density at radius 1 is 1.07 bits per heavy atom. The highest BCUT2D eigenvalue weighted by Crippen LogP contribution is 2.31. The first-order chi connectivity index (χ1) is 14.2. The fourth-order valence-corrected chi connectivity index (χ4v) is 3.86. The second-order valence-electron chi connectivity index (χ2n) is 7.43. The molecule has 0 radical (unpaired) electrons. The lowest BCUT2D eigenvalue weighted by Gasteiger charge is -2.24. The first-order valence-electron chi connectivity index (χ1n) is 10.2. The van der Waals surface area contributed by atoms with Gasteiger partial charge in [0.05, 0.1) is 18.0 Å². The number of ether oxygens (including phenoxy) is 1. The molecule has 6 nitrogen and oxygen atoms in total. The van der Waals surface area contributed by atoms with E-state index in [0.29, 0.717) is 19.1 Å². The van der Waals surface area contributed by atoms with Crippen molar-refractivity contribution >= 4 is 22.7 Å². The third-order valence-corrected chi connectivity index (χ3v) is 5.31. The zero-order valence-electron chi connectivity index (χ0n) is 16.4. The van der Waals surface area contributed by atoms with E-state index in [-0.39, 0.29) is 5.95 Å². The van der Waals surface area contributed by atoms with Crippen molar-refractivity contribution in [2.75, 3.05) is 17.7 Å². The molecule has 148 valence electrons. The number of nitriles is 1. The van der Waals surface area contributed by atoms with Gasteiger partial charge in [-0.05, 0) is 48.2 Å². The minimum Gasteiger partial charge on any atom is -0.493 e. The number of nitrogen functional groups attached to an aromatic ring is 1. The Labute approximate surface area is 170 Å². The lowest BCUT2D eigenvalue weighted by Crippen LogP contribution is -2.23. The molecule has 2 aromatic carbocycles. The number of aromatic nitrogens is 2. The molecule has 0 saturated heterocycles. The molecule has 1 aliphatic carbocycles. The summed E-state index contributed by atoms with van der Waals surface area (Å²) in [5, 5.41) is 13.3. The normalized spacial score (nSPS) is 14.4. The molecule has 6 heteroatoms. The van der Waals surface area contributed by atoms with Crippen LogP contribution >= 0.6 is 0 Å².